The van der Waals surface area contributed by atoms with Gasteiger partial charge in [-0.25, -0.2) is 0 Å². The minimum atomic E-state index is 0.341. The Morgan fingerprint density at radius 1 is 1.05 bits per heavy atom. The van der Waals surface area contributed by atoms with Gasteiger partial charge in [-0.2, -0.15) is 0 Å². The van der Waals surface area contributed by atoms with Crippen LogP contribution in [0.4, 0.5) is 5.69 Å². The molecule has 2 heterocycles. The molecule has 2 aromatic carbocycles. The van der Waals surface area contributed by atoms with Crippen LogP contribution in [0.25, 0.3) is 0 Å². The lowest BCUT2D eigenvalue weighted by atomic mass is 9.97. The highest BCUT2D eigenvalue weighted by Crippen LogP contribution is 2.38. The molecule has 0 radical (unpaired) electrons. The van der Waals surface area contributed by atoms with Crippen molar-refractivity contribution in [1.82, 2.24) is 5.32 Å². The molecule has 0 aromatic heterocycles. The monoisotopic (exact) mass is 263 g/mol. The smallest absolute Gasteiger partial charge is 0.198 e. The fraction of sp³-hybridized carbons (Fsp3) is 0.235. The maximum absolute atomic E-state index is 4.42. The Hall–Kier alpha value is -2.29. The standard InChI is InChI=1S/C17H17N3/c1-18-17-19-11-16-14-8-4-2-6-12(14)10-13-7-3-5-9-15(13)20(16)17/h2-9,16H,10-11H2,1H3,(H,18,19). The zero-order chi connectivity index (χ0) is 13.5. The Kier molecular flexibility index (Phi) is 2.52. The Morgan fingerprint density at radius 3 is 2.65 bits per heavy atom. The minimum absolute atomic E-state index is 0.341. The Labute approximate surface area is 119 Å². The Morgan fingerprint density at radius 2 is 1.80 bits per heavy atom. The molecule has 20 heavy (non-hydrogen) atoms. The quantitative estimate of drug-likeness (QED) is 0.791. The average Bonchev–Trinajstić information content (AvgIpc) is 2.86. The molecule has 1 fully saturated rings. The van der Waals surface area contributed by atoms with Crippen molar-refractivity contribution in [2.75, 3.05) is 18.5 Å². The zero-order valence-electron chi connectivity index (χ0n) is 11.5. The number of para-hydroxylation sites is 1. The molecule has 0 saturated carbocycles. The third-order valence-corrected chi connectivity index (χ3v) is 4.25. The largest absolute Gasteiger partial charge is 0.353 e. The number of rotatable bonds is 0. The summed E-state index contributed by atoms with van der Waals surface area (Å²) in [6.45, 7) is 0.915. The maximum Gasteiger partial charge on any atom is 0.198 e. The van der Waals surface area contributed by atoms with Gasteiger partial charge in [0.15, 0.2) is 5.96 Å². The van der Waals surface area contributed by atoms with Crippen molar-refractivity contribution in [3.8, 4) is 0 Å². The predicted octanol–water partition coefficient (Wildman–Crippen LogP) is 2.73. The summed E-state index contributed by atoms with van der Waals surface area (Å²) in [6.07, 6.45) is 0.996. The highest BCUT2D eigenvalue weighted by atomic mass is 15.4. The molecule has 2 aliphatic rings. The van der Waals surface area contributed by atoms with Crippen molar-refractivity contribution in [2.45, 2.75) is 12.5 Å². The van der Waals surface area contributed by atoms with E-state index in [2.05, 4.69) is 63.7 Å². The Bertz CT molecular complexity index is 690. The summed E-state index contributed by atoms with van der Waals surface area (Å²) in [5, 5.41) is 3.43. The molecule has 4 rings (SSSR count). The van der Waals surface area contributed by atoms with Crippen molar-refractivity contribution in [1.29, 1.82) is 0 Å². The molecule has 1 saturated heterocycles. The van der Waals surface area contributed by atoms with Crippen LogP contribution < -0.4 is 10.2 Å². The number of anilines is 1. The van der Waals surface area contributed by atoms with Crippen LogP contribution in [0, 0.1) is 0 Å². The molecular formula is C17H17N3. The fourth-order valence-corrected chi connectivity index (χ4v) is 3.35. The van der Waals surface area contributed by atoms with E-state index in [1.807, 2.05) is 7.05 Å². The van der Waals surface area contributed by atoms with Gasteiger partial charge in [-0.15, -0.1) is 0 Å². The molecule has 1 unspecified atom stereocenters. The highest BCUT2D eigenvalue weighted by molar-refractivity contribution is 6.00. The third kappa shape index (κ3) is 1.56. The predicted molar refractivity (Wildman–Crippen MR) is 82.3 cm³/mol. The van der Waals surface area contributed by atoms with E-state index in [-0.39, 0.29) is 0 Å². The first-order valence-electron chi connectivity index (χ1n) is 7.04. The summed E-state index contributed by atoms with van der Waals surface area (Å²) in [6, 6.07) is 17.8. The van der Waals surface area contributed by atoms with Crippen molar-refractivity contribution in [2.24, 2.45) is 4.99 Å². The summed E-state index contributed by atoms with van der Waals surface area (Å²) >= 11 is 0. The van der Waals surface area contributed by atoms with Gasteiger partial charge in [0.25, 0.3) is 0 Å². The second-order valence-electron chi connectivity index (χ2n) is 5.32. The number of nitrogens with one attached hydrogen (secondary N) is 1. The molecular weight excluding hydrogens is 246 g/mol. The van der Waals surface area contributed by atoms with E-state index >= 15 is 0 Å². The summed E-state index contributed by atoms with van der Waals surface area (Å²) < 4.78 is 0. The van der Waals surface area contributed by atoms with Crippen LogP contribution in [0.3, 0.4) is 0 Å². The van der Waals surface area contributed by atoms with Crippen molar-refractivity contribution >= 4 is 11.6 Å². The van der Waals surface area contributed by atoms with Crippen LogP contribution >= 0.6 is 0 Å². The van der Waals surface area contributed by atoms with E-state index in [0.717, 1.165) is 18.9 Å². The molecule has 1 N–H and O–H groups in total. The van der Waals surface area contributed by atoms with E-state index in [0.29, 0.717) is 6.04 Å². The first kappa shape index (κ1) is 11.5. The molecule has 100 valence electrons. The number of guanidine groups is 1. The van der Waals surface area contributed by atoms with E-state index < -0.39 is 0 Å². The summed E-state index contributed by atoms with van der Waals surface area (Å²) in [7, 11) is 1.85. The highest BCUT2D eigenvalue weighted by Gasteiger charge is 2.35. The van der Waals surface area contributed by atoms with Gasteiger partial charge in [-0.3, -0.25) is 4.99 Å². The van der Waals surface area contributed by atoms with E-state index in [4.69, 9.17) is 0 Å². The van der Waals surface area contributed by atoms with Gasteiger partial charge in [0, 0.05) is 19.3 Å². The SMILES string of the molecule is CN=C1NCC2c3ccccc3Cc3ccccc3N12. The van der Waals surface area contributed by atoms with Gasteiger partial charge >= 0.3 is 0 Å². The normalized spacial score (nSPS) is 21.8. The number of nitrogens with zero attached hydrogens (tertiary/aromatic N) is 2. The van der Waals surface area contributed by atoms with Gasteiger partial charge in [-0.05, 0) is 29.2 Å². The lowest BCUT2D eigenvalue weighted by Crippen LogP contribution is -2.31. The number of hydrogen-bond acceptors (Lipinski definition) is 1. The first-order chi connectivity index (χ1) is 9.88. The average molecular weight is 263 g/mol. The molecule has 3 nitrogen and oxygen atoms in total. The van der Waals surface area contributed by atoms with Crippen LogP contribution in [0.1, 0.15) is 22.7 Å². The summed E-state index contributed by atoms with van der Waals surface area (Å²) in [5.41, 5.74) is 5.48. The molecule has 0 spiro atoms. The molecule has 2 aromatic rings. The number of fused-ring (bicyclic) bond motifs is 5. The summed E-state index contributed by atoms with van der Waals surface area (Å²) in [5.74, 6) is 0.971. The van der Waals surface area contributed by atoms with E-state index in [1.54, 1.807) is 0 Å². The maximum atomic E-state index is 4.42. The van der Waals surface area contributed by atoms with Gasteiger partial charge in [-0.1, -0.05) is 42.5 Å². The van der Waals surface area contributed by atoms with Crippen LogP contribution in [-0.4, -0.2) is 19.6 Å². The summed E-state index contributed by atoms with van der Waals surface area (Å²) in [4.78, 5) is 6.77. The van der Waals surface area contributed by atoms with Crippen molar-refractivity contribution in [3.05, 3.63) is 65.2 Å². The fourth-order valence-electron chi connectivity index (χ4n) is 3.35. The first-order valence-corrected chi connectivity index (χ1v) is 7.04. The van der Waals surface area contributed by atoms with Crippen LogP contribution in [0.15, 0.2) is 53.5 Å². The Balaban J connectivity index is 1.98. The van der Waals surface area contributed by atoms with Crippen LogP contribution in [0.2, 0.25) is 0 Å². The lowest BCUT2D eigenvalue weighted by molar-refractivity contribution is 0.756. The zero-order valence-corrected chi connectivity index (χ0v) is 11.5. The second kappa shape index (κ2) is 4.37. The minimum Gasteiger partial charge on any atom is -0.353 e. The van der Waals surface area contributed by atoms with Gasteiger partial charge in [0.05, 0.1) is 6.04 Å². The van der Waals surface area contributed by atoms with Crippen molar-refractivity contribution < 1.29 is 0 Å². The van der Waals surface area contributed by atoms with Gasteiger partial charge in [0.1, 0.15) is 0 Å². The number of aliphatic imine (C=N–C) groups is 1. The van der Waals surface area contributed by atoms with Crippen molar-refractivity contribution in [3.63, 3.8) is 0 Å². The van der Waals surface area contributed by atoms with E-state index in [1.165, 1.54) is 22.4 Å². The van der Waals surface area contributed by atoms with Gasteiger partial charge < -0.3 is 10.2 Å². The van der Waals surface area contributed by atoms with Gasteiger partial charge in [0.2, 0.25) is 0 Å². The molecule has 0 aliphatic carbocycles. The van der Waals surface area contributed by atoms with Crippen LogP contribution in [0.5, 0.6) is 0 Å². The second-order valence-corrected chi connectivity index (χ2v) is 5.32. The molecule has 2 aliphatic heterocycles. The van der Waals surface area contributed by atoms with Crippen LogP contribution in [-0.2, 0) is 6.42 Å². The lowest BCUT2D eigenvalue weighted by Gasteiger charge is -2.25. The number of benzene rings is 2. The molecule has 0 bridgehead atoms. The number of hydrogen-bond donors (Lipinski definition) is 1. The third-order valence-electron chi connectivity index (χ3n) is 4.25. The molecule has 0 amide bonds. The molecule has 1 atom stereocenters. The van der Waals surface area contributed by atoms with E-state index in [9.17, 15) is 0 Å². The topological polar surface area (TPSA) is 27.6 Å². The molecule has 3 heteroatoms.